The van der Waals surface area contributed by atoms with E-state index in [9.17, 15) is 13.2 Å². The number of hydrogen-bond acceptors (Lipinski definition) is 7. The average Bonchev–Trinajstić information content (AvgIpc) is 3.14. The van der Waals surface area contributed by atoms with Crippen molar-refractivity contribution >= 4 is 5.82 Å². The summed E-state index contributed by atoms with van der Waals surface area (Å²) < 4.78 is 48.5. The second-order valence-electron chi connectivity index (χ2n) is 6.29. The van der Waals surface area contributed by atoms with Gasteiger partial charge in [0.15, 0.2) is 11.5 Å². The smallest absolute Gasteiger partial charge is 0.368 e. The van der Waals surface area contributed by atoms with Crippen molar-refractivity contribution in [2.45, 2.75) is 37.5 Å². The van der Waals surface area contributed by atoms with Gasteiger partial charge in [0, 0.05) is 25.0 Å². The molecule has 0 spiro atoms. The van der Waals surface area contributed by atoms with Crippen LogP contribution in [0.25, 0.3) is 0 Å². The van der Waals surface area contributed by atoms with E-state index in [0.717, 1.165) is 31.2 Å². The fourth-order valence-corrected chi connectivity index (χ4v) is 2.80. The van der Waals surface area contributed by atoms with Gasteiger partial charge in [-0.2, -0.15) is 18.2 Å². The van der Waals surface area contributed by atoms with Crippen LogP contribution in [0, 0.1) is 5.92 Å². The Morgan fingerprint density at radius 2 is 2.00 bits per heavy atom. The maximum absolute atomic E-state index is 12.5. The lowest BCUT2D eigenvalue weighted by Crippen LogP contribution is -2.19. The molecule has 134 valence electrons. The van der Waals surface area contributed by atoms with Crippen molar-refractivity contribution in [3.8, 4) is 0 Å². The summed E-state index contributed by atoms with van der Waals surface area (Å²) in [5, 5.41) is 13.7. The Kier molecular flexibility index (Phi) is 4.06. The largest absolute Gasteiger partial charge is 0.435 e. The number of alkyl halides is 3. The Morgan fingerprint density at radius 3 is 2.68 bits per heavy atom. The summed E-state index contributed by atoms with van der Waals surface area (Å²) in [6.45, 7) is 1.03. The first-order chi connectivity index (χ1) is 12.0. The van der Waals surface area contributed by atoms with E-state index < -0.39 is 11.9 Å². The van der Waals surface area contributed by atoms with E-state index in [-0.39, 0.29) is 17.8 Å². The van der Waals surface area contributed by atoms with Crippen molar-refractivity contribution in [2.75, 3.05) is 18.5 Å². The fourth-order valence-electron chi connectivity index (χ4n) is 2.80. The van der Waals surface area contributed by atoms with Gasteiger partial charge in [-0.15, -0.1) is 10.2 Å². The molecular weight excluding hydrogens is 339 g/mol. The Balaban J connectivity index is 1.37. The van der Waals surface area contributed by atoms with Crippen LogP contribution in [0.1, 0.15) is 48.7 Å². The molecule has 1 saturated heterocycles. The van der Waals surface area contributed by atoms with Gasteiger partial charge in [0.1, 0.15) is 11.9 Å². The van der Waals surface area contributed by atoms with E-state index in [1.54, 1.807) is 0 Å². The zero-order valence-electron chi connectivity index (χ0n) is 13.2. The topological polar surface area (TPSA) is 86.0 Å². The minimum atomic E-state index is -4.49. The van der Waals surface area contributed by atoms with Gasteiger partial charge in [-0.3, -0.25) is 0 Å². The van der Waals surface area contributed by atoms with Crippen molar-refractivity contribution in [1.82, 2.24) is 20.3 Å². The number of rotatable bonds is 5. The summed E-state index contributed by atoms with van der Waals surface area (Å²) in [6.07, 6.45) is -1.85. The zero-order chi connectivity index (χ0) is 17.4. The van der Waals surface area contributed by atoms with Crippen LogP contribution >= 0.6 is 0 Å². The number of nitrogens with zero attached hydrogens (tertiary/aromatic N) is 4. The lowest BCUT2D eigenvalue weighted by atomic mass is 10.0. The van der Waals surface area contributed by atoms with Crippen molar-refractivity contribution < 1.29 is 22.4 Å². The molecule has 0 amide bonds. The number of halogens is 3. The van der Waals surface area contributed by atoms with Gasteiger partial charge in [0.05, 0.1) is 0 Å². The van der Waals surface area contributed by atoms with Crippen LogP contribution in [0.5, 0.6) is 0 Å². The minimum Gasteiger partial charge on any atom is -0.368 e. The van der Waals surface area contributed by atoms with Crippen molar-refractivity contribution in [1.29, 1.82) is 0 Å². The Hall–Kier alpha value is -2.23. The molecule has 10 heteroatoms. The van der Waals surface area contributed by atoms with Gasteiger partial charge >= 0.3 is 6.18 Å². The molecule has 0 unspecified atom stereocenters. The molecule has 1 aliphatic heterocycles. The zero-order valence-corrected chi connectivity index (χ0v) is 13.2. The summed E-state index contributed by atoms with van der Waals surface area (Å²) >= 11 is 0. The molecule has 0 radical (unpaired) electrons. The minimum absolute atomic E-state index is 0.0663. The monoisotopic (exact) mass is 355 g/mol. The van der Waals surface area contributed by atoms with Crippen molar-refractivity contribution in [3.05, 3.63) is 29.5 Å². The first kappa shape index (κ1) is 16.2. The predicted molar refractivity (Wildman–Crippen MR) is 78.6 cm³/mol. The van der Waals surface area contributed by atoms with Crippen LogP contribution in [-0.2, 0) is 10.9 Å². The molecule has 7 nitrogen and oxygen atoms in total. The highest BCUT2D eigenvalue weighted by Gasteiger charge is 2.36. The molecule has 1 saturated carbocycles. The molecule has 2 aromatic rings. The van der Waals surface area contributed by atoms with Crippen LogP contribution in [-0.4, -0.2) is 33.5 Å². The van der Waals surface area contributed by atoms with Gasteiger partial charge in [-0.05, 0) is 31.4 Å². The van der Waals surface area contributed by atoms with Crippen LogP contribution in [0.2, 0.25) is 0 Å². The van der Waals surface area contributed by atoms with Crippen LogP contribution in [0.15, 0.2) is 16.7 Å². The first-order valence-electron chi connectivity index (χ1n) is 8.10. The van der Waals surface area contributed by atoms with E-state index in [4.69, 9.17) is 9.26 Å². The number of aromatic nitrogens is 4. The number of hydrogen-bond donors (Lipinski definition) is 1. The average molecular weight is 355 g/mol. The normalized spacial score (nSPS) is 23.8. The van der Waals surface area contributed by atoms with Crippen molar-refractivity contribution in [2.24, 2.45) is 5.92 Å². The molecule has 0 bridgehead atoms. The molecule has 2 fully saturated rings. The summed E-state index contributed by atoms with van der Waals surface area (Å²) in [5.41, 5.74) is -1.02. The number of nitrogens with one attached hydrogen (secondary N) is 1. The summed E-state index contributed by atoms with van der Waals surface area (Å²) in [6, 6.07) is 2.16. The Bertz CT molecular complexity index is 730. The van der Waals surface area contributed by atoms with Gasteiger partial charge in [-0.1, -0.05) is 5.16 Å². The first-order valence-corrected chi connectivity index (χ1v) is 8.10. The third-order valence-corrected chi connectivity index (χ3v) is 4.36. The molecule has 2 aromatic heterocycles. The van der Waals surface area contributed by atoms with Gasteiger partial charge in [0.25, 0.3) is 5.89 Å². The van der Waals surface area contributed by atoms with E-state index in [2.05, 4.69) is 25.7 Å². The van der Waals surface area contributed by atoms with E-state index in [1.165, 1.54) is 6.07 Å². The maximum atomic E-state index is 12.5. The van der Waals surface area contributed by atoms with Crippen LogP contribution < -0.4 is 5.32 Å². The van der Waals surface area contributed by atoms with E-state index >= 15 is 0 Å². The number of anilines is 1. The van der Waals surface area contributed by atoms with Crippen LogP contribution in [0.3, 0.4) is 0 Å². The number of ether oxygens (including phenoxy) is 1. The summed E-state index contributed by atoms with van der Waals surface area (Å²) in [7, 11) is 0. The molecule has 2 atom stereocenters. The van der Waals surface area contributed by atoms with Gasteiger partial charge < -0.3 is 14.6 Å². The highest BCUT2D eigenvalue weighted by molar-refractivity contribution is 5.33. The van der Waals surface area contributed by atoms with Gasteiger partial charge in [-0.25, -0.2) is 0 Å². The molecule has 1 aliphatic carbocycles. The molecule has 4 rings (SSSR count). The van der Waals surface area contributed by atoms with Gasteiger partial charge in [0.2, 0.25) is 0 Å². The molecule has 25 heavy (non-hydrogen) atoms. The lowest BCUT2D eigenvalue weighted by Gasteiger charge is -2.15. The predicted octanol–water partition coefficient (Wildman–Crippen LogP) is 2.95. The molecular formula is C15H16F3N5O2. The standard InChI is InChI=1S/C15H16F3N5O2/c16-15(17,18)10-3-4-11(22-21-10)19-7-9-5-6-24-12(9)14-20-13(23-25-14)8-1-2-8/h3-4,8-9,12H,1-2,5-7H2,(H,19,22)/t9-,12-/m0/s1. The SMILES string of the molecule is FC(F)(F)c1ccc(NC[C@@H]2CCO[C@@H]2c2nc(C3CC3)no2)nn1. The summed E-state index contributed by atoms with van der Waals surface area (Å²) in [4.78, 5) is 4.41. The highest BCUT2D eigenvalue weighted by atomic mass is 19.4. The third-order valence-electron chi connectivity index (χ3n) is 4.36. The van der Waals surface area contributed by atoms with Crippen molar-refractivity contribution in [3.63, 3.8) is 0 Å². The highest BCUT2D eigenvalue weighted by Crippen LogP contribution is 2.40. The van der Waals surface area contributed by atoms with Crippen LogP contribution in [0.4, 0.5) is 19.0 Å². The second-order valence-corrected chi connectivity index (χ2v) is 6.29. The van der Waals surface area contributed by atoms with E-state index in [1.807, 2.05) is 0 Å². The maximum Gasteiger partial charge on any atom is 0.435 e. The lowest BCUT2D eigenvalue weighted by molar-refractivity contribution is -0.141. The van der Waals surface area contributed by atoms with E-state index in [0.29, 0.717) is 25.0 Å². The molecule has 1 N–H and O–H groups in total. The summed E-state index contributed by atoms with van der Waals surface area (Å²) in [5.74, 6) is 1.94. The fraction of sp³-hybridized carbons (Fsp3) is 0.600. The second kappa shape index (κ2) is 6.25. The Labute approximate surface area is 141 Å². The third kappa shape index (κ3) is 3.58. The quantitative estimate of drug-likeness (QED) is 0.882. The molecule has 2 aliphatic rings. The Morgan fingerprint density at radius 1 is 1.16 bits per heavy atom. The molecule has 3 heterocycles. The molecule has 0 aromatic carbocycles.